The van der Waals surface area contributed by atoms with Crippen LogP contribution in [0.3, 0.4) is 0 Å². The normalized spacial score (nSPS) is 13.9. The number of unbranched alkanes of at least 4 members (excludes halogenated alkanes) is 1. The minimum atomic E-state index is -0.613. The second kappa shape index (κ2) is 12.2. The van der Waals surface area contributed by atoms with Gasteiger partial charge in [-0.05, 0) is 67.9 Å². The molecular formula is C30H35FN2O5. The number of benzene rings is 2. The number of methoxy groups -OCH3 is 2. The van der Waals surface area contributed by atoms with E-state index in [2.05, 4.69) is 4.98 Å². The van der Waals surface area contributed by atoms with Gasteiger partial charge in [0.05, 0.1) is 25.3 Å². The number of hydrogen-bond donors (Lipinski definition) is 2. The van der Waals surface area contributed by atoms with Crippen LogP contribution in [0.2, 0.25) is 0 Å². The SMILES string of the molecule is CCCCc1[nH]c(=O)c(C(=O)N2CCC(Cc3cccc(F)c3)CC2)c(O)c1-c1c(OC)cccc1OC. The Morgan fingerprint density at radius 1 is 1.08 bits per heavy atom. The lowest BCUT2D eigenvalue weighted by atomic mass is 9.89. The Bertz CT molecular complexity index is 1320. The number of ether oxygens (including phenoxy) is 2. The summed E-state index contributed by atoms with van der Waals surface area (Å²) in [4.78, 5) is 31.3. The number of hydrogen-bond acceptors (Lipinski definition) is 5. The van der Waals surface area contributed by atoms with E-state index >= 15 is 0 Å². The predicted molar refractivity (Wildman–Crippen MR) is 145 cm³/mol. The van der Waals surface area contributed by atoms with Crippen LogP contribution >= 0.6 is 0 Å². The Kier molecular flexibility index (Phi) is 8.71. The summed E-state index contributed by atoms with van der Waals surface area (Å²) in [7, 11) is 3.04. The first-order valence-corrected chi connectivity index (χ1v) is 13.1. The van der Waals surface area contributed by atoms with Crippen LogP contribution < -0.4 is 15.0 Å². The van der Waals surface area contributed by atoms with Crippen LogP contribution in [-0.4, -0.2) is 48.2 Å². The molecule has 3 aromatic rings. The number of carbonyl (C=O) groups excluding carboxylic acids is 1. The average molecular weight is 523 g/mol. The van der Waals surface area contributed by atoms with Gasteiger partial charge in [0.15, 0.2) is 0 Å². The van der Waals surface area contributed by atoms with Gasteiger partial charge in [-0.2, -0.15) is 0 Å². The zero-order valence-corrected chi connectivity index (χ0v) is 22.2. The lowest BCUT2D eigenvalue weighted by Crippen LogP contribution is -2.41. The van der Waals surface area contributed by atoms with E-state index < -0.39 is 11.5 Å². The number of pyridine rings is 1. The summed E-state index contributed by atoms with van der Waals surface area (Å²) >= 11 is 0. The maximum Gasteiger partial charge on any atom is 0.264 e. The van der Waals surface area contributed by atoms with E-state index in [1.165, 1.54) is 20.3 Å². The summed E-state index contributed by atoms with van der Waals surface area (Å²) in [5, 5.41) is 11.5. The van der Waals surface area contributed by atoms with Crippen LogP contribution in [0.25, 0.3) is 11.1 Å². The van der Waals surface area contributed by atoms with Crippen LogP contribution in [-0.2, 0) is 12.8 Å². The third-order valence-electron chi connectivity index (χ3n) is 7.25. The highest BCUT2D eigenvalue weighted by Crippen LogP contribution is 2.45. The number of aromatic amines is 1. The van der Waals surface area contributed by atoms with Crippen LogP contribution in [0.5, 0.6) is 17.2 Å². The molecule has 2 heterocycles. The summed E-state index contributed by atoms with van der Waals surface area (Å²) in [6.45, 7) is 2.93. The highest BCUT2D eigenvalue weighted by atomic mass is 19.1. The number of aryl methyl sites for hydroxylation is 1. The first kappa shape index (κ1) is 27.2. The van der Waals surface area contributed by atoms with E-state index in [9.17, 15) is 19.1 Å². The summed E-state index contributed by atoms with van der Waals surface area (Å²) in [5.41, 5.74) is 1.40. The van der Waals surface area contributed by atoms with Gasteiger partial charge in [-0.1, -0.05) is 31.5 Å². The third-order valence-corrected chi connectivity index (χ3v) is 7.25. The predicted octanol–water partition coefficient (Wildman–Crippen LogP) is 5.34. The maximum atomic E-state index is 13.6. The van der Waals surface area contributed by atoms with Crippen molar-refractivity contribution >= 4 is 5.91 Å². The molecule has 1 aliphatic heterocycles. The molecule has 202 valence electrons. The summed E-state index contributed by atoms with van der Waals surface area (Å²) < 4.78 is 24.7. The van der Waals surface area contributed by atoms with Crippen molar-refractivity contribution < 1.29 is 23.8 Å². The van der Waals surface area contributed by atoms with Gasteiger partial charge in [0.2, 0.25) is 0 Å². The molecule has 1 aromatic heterocycles. The molecule has 0 spiro atoms. The number of rotatable bonds is 9. The van der Waals surface area contributed by atoms with Gasteiger partial charge in [0, 0.05) is 18.8 Å². The van der Waals surface area contributed by atoms with E-state index in [-0.39, 0.29) is 17.1 Å². The Hall–Kier alpha value is -3.81. The fourth-order valence-corrected chi connectivity index (χ4v) is 5.24. The molecule has 0 saturated carbocycles. The van der Waals surface area contributed by atoms with Crippen LogP contribution in [0, 0.1) is 11.7 Å². The molecule has 4 rings (SSSR count). The number of nitrogens with zero attached hydrogens (tertiary/aromatic N) is 1. The molecule has 1 fully saturated rings. The number of aromatic nitrogens is 1. The lowest BCUT2D eigenvalue weighted by molar-refractivity contribution is 0.0685. The van der Waals surface area contributed by atoms with Crippen molar-refractivity contribution in [3.63, 3.8) is 0 Å². The second-order valence-electron chi connectivity index (χ2n) is 9.74. The van der Waals surface area contributed by atoms with Crippen molar-refractivity contribution in [2.75, 3.05) is 27.3 Å². The number of nitrogens with one attached hydrogen (secondary N) is 1. The first-order chi connectivity index (χ1) is 18.4. The van der Waals surface area contributed by atoms with Gasteiger partial charge < -0.3 is 24.5 Å². The molecule has 8 heteroatoms. The number of likely N-dealkylation sites (tertiary alicyclic amines) is 1. The number of H-pyrrole nitrogens is 1. The molecular weight excluding hydrogens is 487 g/mol. The second-order valence-corrected chi connectivity index (χ2v) is 9.74. The molecule has 0 unspecified atom stereocenters. The summed E-state index contributed by atoms with van der Waals surface area (Å²) in [5.74, 6) is 0.0916. The minimum Gasteiger partial charge on any atom is -0.506 e. The zero-order valence-electron chi connectivity index (χ0n) is 22.2. The molecule has 0 radical (unpaired) electrons. The van der Waals surface area contributed by atoms with Crippen molar-refractivity contribution in [3.05, 3.63) is 75.5 Å². The van der Waals surface area contributed by atoms with Gasteiger partial charge in [0.1, 0.15) is 28.6 Å². The first-order valence-electron chi connectivity index (χ1n) is 13.1. The third kappa shape index (κ3) is 5.69. The van der Waals surface area contributed by atoms with E-state index in [1.54, 1.807) is 35.2 Å². The van der Waals surface area contributed by atoms with Crippen LogP contribution in [0.4, 0.5) is 4.39 Å². The topological polar surface area (TPSA) is 91.9 Å². The molecule has 2 aromatic carbocycles. The molecule has 2 N–H and O–H groups in total. The van der Waals surface area contributed by atoms with Crippen LogP contribution in [0.1, 0.15) is 54.2 Å². The highest BCUT2D eigenvalue weighted by Gasteiger charge is 2.31. The maximum absolute atomic E-state index is 13.6. The van der Waals surface area contributed by atoms with Crippen molar-refractivity contribution in [1.82, 2.24) is 9.88 Å². The Morgan fingerprint density at radius 3 is 2.34 bits per heavy atom. The molecule has 38 heavy (non-hydrogen) atoms. The largest absolute Gasteiger partial charge is 0.506 e. The molecule has 1 aliphatic rings. The van der Waals surface area contributed by atoms with Gasteiger partial charge in [-0.15, -0.1) is 0 Å². The van der Waals surface area contributed by atoms with Crippen molar-refractivity contribution in [3.8, 4) is 28.4 Å². The fourth-order valence-electron chi connectivity index (χ4n) is 5.24. The van der Waals surface area contributed by atoms with Crippen molar-refractivity contribution in [2.24, 2.45) is 5.92 Å². The van der Waals surface area contributed by atoms with Gasteiger partial charge in [-0.3, -0.25) is 9.59 Å². The molecule has 0 bridgehead atoms. The van der Waals surface area contributed by atoms with Gasteiger partial charge in [-0.25, -0.2) is 4.39 Å². The van der Waals surface area contributed by atoms with E-state index in [0.29, 0.717) is 53.7 Å². The molecule has 0 atom stereocenters. The summed E-state index contributed by atoms with van der Waals surface area (Å²) in [6, 6.07) is 11.9. The number of aromatic hydroxyl groups is 1. The van der Waals surface area contributed by atoms with Crippen LogP contribution in [0.15, 0.2) is 47.3 Å². The smallest absolute Gasteiger partial charge is 0.264 e. The standard InChI is InChI=1S/C30H35FN2O5/c1-4-5-10-22-25(26-23(37-2)11-7-12-24(26)38-3)28(34)27(29(35)32-22)30(36)33-15-13-19(14-16-33)17-20-8-6-9-21(31)18-20/h6-9,11-12,18-19H,4-5,10,13-17H2,1-3H3,(H2,32,34,35). The Balaban J connectivity index is 1.66. The van der Waals surface area contributed by atoms with E-state index in [1.807, 2.05) is 13.0 Å². The Morgan fingerprint density at radius 2 is 1.74 bits per heavy atom. The quantitative estimate of drug-likeness (QED) is 0.396. The number of halogens is 1. The average Bonchev–Trinajstić information content (AvgIpc) is 2.91. The lowest BCUT2D eigenvalue weighted by Gasteiger charge is -2.32. The fraction of sp³-hybridized carbons (Fsp3) is 0.400. The van der Waals surface area contributed by atoms with Gasteiger partial charge in [0.25, 0.3) is 11.5 Å². The molecule has 1 saturated heterocycles. The molecule has 7 nitrogen and oxygen atoms in total. The van der Waals surface area contributed by atoms with Gasteiger partial charge >= 0.3 is 0 Å². The van der Waals surface area contributed by atoms with Crippen molar-refractivity contribution in [1.29, 1.82) is 0 Å². The number of piperidine rings is 1. The van der Waals surface area contributed by atoms with Crippen molar-refractivity contribution in [2.45, 2.75) is 45.4 Å². The molecule has 1 amide bonds. The highest BCUT2D eigenvalue weighted by molar-refractivity contribution is 6.00. The number of carbonyl (C=O) groups is 1. The monoisotopic (exact) mass is 522 g/mol. The number of amides is 1. The summed E-state index contributed by atoms with van der Waals surface area (Å²) in [6.07, 6.45) is 4.36. The zero-order chi connectivity index (χ0) is 27.2. The van der Waals surface area contributed by atoms with E-state index in [4.69, 9.17) is 9.47 Å². The Labute approximate surface area is 222 Å². The molecule has 0 aliphatic carbocycles. The van der Waals surface area contributed by atoms with E-state index in [0.717, 1.165) is 37.7 Å². The minimum absolute atomic E-state index is 0.255.